The van der Waals surface area contributed by atoms with Crippen LogP contribution in [0.25, 0.3) is 0 Å². The van der Waals surface area contributed by atoms with Gasteiger partial charge in [-0.25, -0.2) is 13.9 Å². The van der Waals surface area contributed by atoms with Crippen molar-refractivity contribution in [2.45, 2.75) is 37.1 Å². The van der Waals surface area contributed by atoms with Crippen LogP contribution in [0.1, 0.15) is 39.9 Å². The van der Waals surface area contributed by atoms with Gasteiger partial charge >= 0.3 is 0 Å². The topological polar surface area (TPSA) is 116 Å². The first kappa shape index (κ1) is 24.7. The molecule has 2 N–H and O–H groups in total. The lowest BCUT2D eigenvalue weighted by Gasteiger charge is -2.40. The quantitative estimate of drug-likeness (QED) is 0.328. The number of amides is 2. The number of hydrogen-bond donors (Lipinski definition) is 2. The molecule has 11 heteroatoms. The first-order valence-corrected chi connectivity index (χ1v) is 13.7. The van der Waals surface area contributed by atoms with Gasteiger partial charge in [-0.05, 0) is 49.2 Å². The van der Waals surface area contributed by atoms with Gasteiger partial charge in [-0.3, -0.25) is 19.7 Å². The van der Waals surface area contributed by atoms with E-state index >= 15 is 0 Å². The monoisotopic (exact) mass is 505 g/mol. The standard InChI is InChI=1S/C23H27N3O6S2/c1-23(22(28)24-29,34(2,30)31)8-9-25-14-17-11-19(33-20(17)21(25)27)6-4-3-5-16-12-26(13-16)18-7-10-32-15-18/h11,16,18,29H,7-10,12-15H2,1-2H3,(H,24,28)/t18-,23-/m1/s1. The molecular weight excluding hydrogens is 478 g/mol. The van der Waals surface area contributed by atoms with Crippen LogP contribution >= 0.6 is 11.3 Å². The number of hydroxylamine groups is 1. The van der Waals surface area contributed by atoms with E-state index in [0.29, 0.717) is 23.4 Å². The molecule has 0 radical (unpaired) electrons. The molecule has 0 bridgehead atoms. The normalized spacial score (nSPS) is 22.1. The SMILES string of the molecule is C[C@@](CCN1Cc2cc(C#CC#CC3CN([C@@H]4CCOC4)C3)sc2C1=O)(C(=O)NO)S(C)(=O)=O. The van der Waals surface area contributed by atoms with Crippen LogP contribution in [0.3, 0.4) is 0 Å². The van der Waals surface area contributed by atoms with Crippen LogP contribution in [0.15, 0.2) is 6.07 Å². The predicted molar refractivity (Wildman–Crippen MR) is 126 cm³/mol. The Balaban J connectivity index is 1.31. The van der Waals surface area contributed by atoms with E-state index in [1.165, 1.54) is 28.6 Å². The van der Waals surface area contributed by atoms with Crippen molar-refractivity contribution in [2.75, 3.05) is 39.1 Å². The molecule has 4 heterocycles. The third-order valence-electron chi connectivity index (χ3n) is 6.77. The van der Waals surface area contributed by atoms with E-state index < -0.39 is 20.5 Å². The minimum absolute atomic E-state index is 0.0646. The van der Waals surface area contributed by atoms with Gasteiger partial charge in [-0.1, -0.05) is 5.92 Å². The summed E-state index contributed by atoms with van der Waals surface area (Å²) >= 11 is 1.29. The van der Waals surface area contributed by atoms with Gasteiger partial charge < -0.3 is 9.64 Å². The summed E-state index contributed by atoms with van der Waals surface area (Å²) in [7, 11) is -3.82. The van der Waals surface area contributed by atoms with Crippen molar-refractivity contribution in [3.63, 3.8) is 0 Å². The first-order valence-electron chi connectivity index (χ1n) is 11.0. The zero-order valence-electron chi connectivity index (χ0n) is 19.1. The number of nitrogens with zero attached hydrogens (tertiary/aromatic N) is 2. The number of ether oxygens (including phenoxy) is 1. The lowest BCUT2D eigenvalue weighted by Crippen LogP contribution is -2.51. The Bertz CT molecular complexity index is 1210. The molecule has 2 atom stereocenters. The van der Waals surface area contributed by atoms with Crippen molar-refractivity contribution < 1.29 is 28.0 Å². The van der Waals surface area contributed by atoms with Gasteiger partial charge in [0.2, 0.25) is 0 Å². The lowest BCUT2D eigenvalue weighted by atomic mass is 9.98. The van der Waals surface area contributed by atoms with Crippen LogP contribution < -0.4 is 5.48 Å². The van der Waals surface area contributed by atoms with Crippen LogP contribution in [0, 0.1) is 29.6 Å². The maximum Gasteiger partial charge on any atom is 0.264 e. The highest BCUT2D eigenvalue weighted by Gasteiger charge is 2.44. The number of thiophene rings is 1. The van der Waals surface area contributed by atoms with Crippen molar-refractivity contribution in [1.29, 1.82) is 0 Å². The van der Waals surface area contributed by atoms with E-state index in [1.807, 2.05) is 6.07 Å². The van der Waals surface area contributed by atoms with Gasteiger partial charge in [0, 0.05) is 51.0 Å². The number of carbonyl (C=O) groups excluding carboxylic acids is 2. The van der Waals surface area contributed by atoms with Crippen LogP contribution in [0.4, 0.5) is 0 Å². The third-order valence-corrected chi connectivity index (χ3v) is 9.87. The smallest absolute Gasteiger partial charge is 0.264 e. The third kappa shape index (κ3) is 4.85. The molecule has 0 aliphatic carbocycles. The van der Waals surface area contributed by atoms with Crippen molar-refractivity contribution >= 4 is 33.0 Å². The van der Waals surface area contributed by atoms with E-state index in [1.54, 1.807) is 0 Å². The average Bonchev–Trinajstić information content (AvgIpc) is 3.48. The Morgan fingerprint density at radius 3 is 2.76 bits per heavy atom. The Morgan fingerprint density at radius 1 is 1.38 bits per heavy atom. The molecule has 0 aromatic carbocycles. The summed E-state index contributed by atoms with van der Waals surface area (Å²) in [6.45, 7) is 5.19. The van der Waals surface area contributed by atoms with Crippen molar-refractivity contribution in [3.8, 4) is 23.7 Å². The molecule has 1 aromatic rings. The Labute approximate surface area is 203 Å². The number of carbonyl (C=O) groups is 2. The average molecular weight is 506 g/mol. The highest BCUT2D eigenvalue weighted by Crippen LogP contribution is 2.32. The molecular formula is C23H27N3O6S2. The molecule has 9 nitrogen and oxygen atoms in total. The van der Waals surface area contributed by atoms with Crippen LogP contribution in [-0.2, 0) is 25.9 Å². The molecule has 3 aliphatic heterocycles. The van der Waals surface area contributed by atoms with E-state index in [2.05, 4.69) is 28.6 Å². The molecule has 182 valence electrons. The van der Waals surface area contributed by atoms with E-state index in [9.17, 15) is 18.0 Å². The Morgan fingerprint density at radius 2 is 2.15 bits per heavy atom. The Hall–Kier alpha value is -2.41. The largest absolute Gasteiger partial charge is 0.380 e. The summed E-state index contributed by atoms with van der Waals surface area (Å²) < 4.78 is 27.8. The number of likely N-dealkylation sites (tertiary alicyclic amines) is 1. The highest BCUT2D eigenvalue weighted by atomic mass is 32.2. The van der Waals surface area contributed by atoms with Crippen molar-refractivity contribution in [2.24, 2.45) is 5.92 Å². The number of fused-ring (bicyclic) bond motifs is 1. The number of rotatable bonds is 6. The first-order chi connectivity index (χ1) is 16.1. The maximum atomic E-state index is 12.8. The van der Waals surface area contributed by atoms with Crippen LogP contribution in [0.5, 0.6) is 0 Å². The maximum absolute atomic E-state index is 12.8. The van der Waals surface area contributed by atoms with Gasteiger partial charge in [0.25, 0.3) is 11.8 Å². The number of nitrogens with one attached hydrogen (secondary N) is 1. The van der Waals surface area contributed by atoms with E-state index in [4.69, 9.17) is 9.94 Å². The molecule has 2 amide bonds. The summed E-state index contributed by atoms with van der Waals surface area (Å²) in [5.74, 6) is 11.1. The molecule has 1 aromatic heterocycles. The van der Waals surface area contributed by atoms with Crippen LogP contribution in [-0.4, -0.2) is 85.1 Å². The summed E-state index contributed by atoms with van der Waals surface area (Å²) in [6.07, 6.45) is 1.89. The van der Waals surface area contributed by atoms with Gasteiger partial charge in [0.15, 0.2) is 14.6 Å². The fourth-order valence-electron chi connectivity index (χ4n) is 4.27. The summed E-state index contributed by atoms with van der Waals surface area (Å²) in [4.78, 5) is 30.0. The molecule has 4 rings (SSSR count). The van der Waals surface area contributed by atoms with E-state index in [0.717, 1.165) is 49.4 Å². The van der Waals surface area contributed by atoms with Crippen molar-refractivity contribution in [1.82, 2.24) is 15.3 Å². The predicted octanol–water partition coefficient (Wildman–Crippen LogP) is 0.478. The fourth-order valence-corrected chi connectivity index (χ4v) is 6.11. The number of sulfone groups is 1. The molecule has 34 heavy (non-hydrogen) atoms. The van der Waals surface area contributed by atoms with Gasteiger partial charge in [0.05, 0.1) is 16.4 Å². The van der Waals surface area contributed by atoms with Gasteiger partial charge in [-0.15, -0.1) is 11.3 Å². The van der Waals surface area contributed by atoms with Gasteiger partial charge in [-0.2, -0.15) is 0 Å². The molecule has 0 saturated carbocycles. The summed E-state index contributed by atoms with van der Waals surface area (Å²) in [5.41, 5.74) is 2.25. The van der Waals surface area contributed by atoms with Gasteiger partial charge in [0.1, 0.15) is 0 Å². The molecule has 0 unspecified atom stereocenters. The molecule has 3 aliphatic rings. The zero-order valence-corrected chi connectivity index (χ0v) is 20.7. The molecule has 0 spiro atoms. The second kappa shape index (κ2) is 9.68. The minimum Gasteiger partial charge on any atom is -0.380 e. The van der Waals surface area contributed by atoms with E-state index in [-0.39, 0.29) is 18.9 Å². The minimum atomic E-state index is -3.82. The zero-order chi connectivity index (χ0) is 24.5. The lowest BCUT2D eigenvalue weighted by molar-refractivity contribution is -0.131. The Kier molecular flexibility index (Phi) is 7.04. The molecule has 2 saturated heterocycles. The summed E-state index contributed by atoms with van der Waals surface area (Å²) in [6, 6.07) is 2.38. The highest BCUT2D eigenvalue weighted by molar-refractivity contribution is 7.92. The second-order valence-electron chi connectivity index (χ2n) is 9.07. The molecule has 2 fully saturated rings. The van der Waals surface area contributed by atoms with Crippen molar-refractivity contribution in [3.05, 3.63) is 21.4 Å². The number of hydrogen-bond acceptors (Lipinski definition) is 8. The second-order valence-corrected chi connectivity index (χ2v) is 12.6. The van der Waals surface area contributed by atoms with Crippen LogP contribution in [0.2, 0.25) is 0 Å². The fraction of sp³-hybridized carbons (Fsp3) is 0.565. The summed E-state index contributed by atoms with van der Waals surface area (Å²) in [5, 5.41) is 8.94.